The summed E-state index contributed by atoms with van der Waals surface area (Å²) >= 11 is 0. The lowest BCUT2D eigenvalue weighted by molar-refractivity contribution is -0.123. The summed E-state index contributed by atoms with van der Waals surface area (Å²) < 4.78 is 0. The fourth-order valence-electron chi connectivity index (χ4n) is 3.30. The van der Waals surface area contributed by atoms with Crippen LogP contribution >= 0.6 is 0 Å². The van der Waals surface area contributed by atoms with Crippen molar-refractivity contribution in [2.75, 3.05) is 0 Å². The average Bonchev–Trinajstić information content (AvgIpc) is 3.11. The Kier molecular flexibility index (Phi) is 4.33. The standard InChI is InChI=1S/C20H23N3O2/c1-12(2)11-14-17(20(14,3)4)19(25)23-22-18(24)16-10-9-13-7-5-6-8-15(13)21-16/h5-11,14,17H,1-4H3,(H,22,24)(H,23,25)/t14-,17+/m0/s1. The highest BCUT2D eigenvalue weighted by Gasteiger charge is 2.60. The molecular formula is C20H23N3O2. The smallest absolute Gasteiger partial charge is 0.273 e. The summed E-state index contributed by atoms with van der Waals surface area (Å²) in [7, 11) is 0. The Balaban J connectivity index is 1.64. The predicted octanol–water partition coefficient (Wildman–Crippen LogP) is 3.23. The molecule has 2 atom stereocenters. The Bertz CT molecular complexity index is 866. The van der Waals surface area contributed by atoms with Crippen LogP contribution in [0, 0.1) is 17.3 Å². The van der Waals surface area contributed by atoms with Gasteiger partial charge in [0.05, 0.1) is 11.4 Å². The summed E-state index contributed by atoms with van der Waals surface area (Å²) in [6.07, 6.45) is 2.12. The van der Waals surface area contributed by atoms with E-state index < -0.39 is 5.91 Å². The number of benzene rings is 1. The van der Waals surface area contributed by atoms with Gasteiger partial charge >= 0.3 is 0 Å². The van der Waals surface area contributed by atoms with Crippen LogP contribution < -0.4 is 10.9 Å². The minimum Gasteiger partial charge on any atom is -0.273 e. The highest BCUT2D eigenvalue weighted by Crippen LogP contribution is 2.59. The molecule has 1 aromatic carbocycles. The van der Waals surface area contributed by atoms with Crippen LogP contribution in [0.1, 0.15) is 38.2 Å². The van der Waals surface area contributed by atoms with Crippen molar-refractivity contribution in [2.45, 2.75) is 27.7 Å². The first-order chi connectivity index (χ1) is 11.8. The summed E-state index contributed by atoms with van der Waals surface area (Å²) in [5, 5.41) is 0.965. The molecule has 130 valence electrons. The molecule has 1 saturated carbocycles. The molecule has 2 aromatic rings. The highest BCUT2D eigenvalue weighted by atomic mass is 16.2. The van der Waals surface area contributed by atoms with E-state index in [2.05, 4.69) is 35.8 Å². The van der Waals surface area contributed by atoms with Gasteiger partial charge in [0.1, 0.15) is 5.69 Å². The molecule has 2 N–H and O–H groups in total. The predicted molar refractivity (Wildman–Crippen MR) is 97.5 cm³/mol. The van der Waals surface area contributed by atoms with E-state index in [4.69, 9.17) is 0 Å². The Morgan fingerprint density at radius 1 is 1.08 bits per heavy atom. The van der Waals surface area contributed by atoms with Crippen molar-refractivity contribution in [3.8, 4) is 0 Å². The number of aromatic nitrogens is 1. The topological polar surface area (TPSA) is 71.1 Å². The van der Waals surface area contributed by atoms with Crippen LogP contribution in [0.3, 0.4) is 0 Å². The zero-order valence-electron chi connectivity index (χ0n) is 15.0. The van der Waals surface area contributed by atoms with Gasteiger partial charge in [0.2, 0.25) is 5.91 Å². The lowest BCUT2D eigenvalue weighted by atomic mass is 10.1. The number of carbonyl (C=O) groups excluding carboxylic acids is 2. The van der Waals surface area contributed by atoms with E-state index >= 15 is 0 Å². The van der Waals surface area contributed by atoms with Crippen molar-refractivity contribution >= 4 is 22.7 Å². The van der Waals surface area contributed by atoms with E-state index in [0.29, 0.717) is 0 Å². The van der Waals surface area contributed by atoms with E-state index in [9.17, 15) is 9.59 Å². The van der Waals surface area contributed by atoms with Gasteiger partial charge in [0.15, 0.2) is 0 Å². The maximum absolute atomic E-state index is 12.4. The minimum atomic E-state index is -0.420. The van der Waals surface area contributed by atoms with Gasteiger partial charge in [0, 0.05) is 5.39 Å². The molecular weight excluding hydrogens is 314 g/mol. The molecule has 0 unspecified atom stereocenters. The van der Waals surface area contributed by atoms with Crippen LogP contribution in [-0.2, 0) is 4.79 Å². The Morgan fingerprint density at radius 2 is 1.80 bits per heavy atom. The lowest BCUT2D eigenvalue weighted by Crippen LogP contribution is -2.43. The molecule has 0 bridgehead atoms. The van der Waals surface area contributed by atoms with Gasteiger partial charge < -0.3 is 0 Å². The molecule has 1 aliphatic rings. The third kappa shape index (κ3) is 3.40. The Labute approximate surface area is 147 Å². The maximum Gasteiger partial charge on any atom is 0.288 e. The molecule has 3 rings (SSSR count). The highest BCUT2D eigenvalue weighted by molar-refractivity contribution is 5.96. The van der Waals surface area contributed by atoms with Crippen LogP contribution in [-0.4, -0.2) is 16.8 Å². The summed E-state index contributed by atoms with van der Waals surface area (Å²) in [5.41, 5.74) is 7.14. The number of carbonyl (C=O) groups is 2. The summed E-state index contributed by atoms with van der Waals surface area (Å²) in [4.78, 5) is 29.0. The average molecular weight is 337 g/mol. The molecule has 1 heterocycles. The number of rotatable bonds is 3. The molecule has 0 spiro atoms. The van der Waals surface area contributed by atoms with Gasteiger partial charge in [-0.25, -0.2) is 4.98 Å². The number of hydrazine groups is 1. The van der Waals surface area contributed by atoms with Gasteiger partial charge in [0.25, 0.3) is 5.91 Å². The third-order valence-electron chi connectivity index (χ3n) is 4.84. The molecule has 1 aliphatic carbocycles. The second-order valence-corrected chi connectivity index (χ2v) is 7.40. The molecule has 0 radical (unpaired) electrons. The van der Waals surface area contributed by atoms with Gasteiger partial charge in [-0.05, 0) is 37.3 Å². The van der Waals surface area contributed by atoms with E-state index in [-0.39, 0.29) is 28.9 Å². The number of hydrogen-bond donors (Lipinski definition) is 2. The van der Waals surface area contributed by atoms with Gasteiger partial charge in [-0.1, -0.05) is 49.8 Å². The lowest BCUT2D eigenvalue weighted by Gasteiger charge is -2.08. The SMILES string of the molecule is CC(C)=C[C@H]1[C@H](C(=O)NNC(=O)c2ccc3ccccc3n2)C1(C)C. The van der Waals surface area contributed by atoms with Crippen LogP contribution in [0.5, 0.6) is 0 Å². The fourth-order valence-corrected chi connectivity index (χ4v) is 3.30. The molecule has 1 aromatic heterocycles. The van der Waals surface area contributed by atoms with E-state index in [1.165, 1.54) is 5.57 Å². The first-order valence-electron chi connectivity index (χ1n) is 8.41. The Hall–Kier alpha value is -2.69. The second kappa shape index (κ2) is 6.31. The molecule has 5 nitrogen and oxygen atoms in total. The molecule has 1 fully saturated rings. The number of para-hydroxylation sites is 1. The molecule has 2 amide bonds. The quantitative estimate of drug-likeness (QED) is 0.667. The summed E-state index contributed by atoms with van der Waals surface area (Å²) in [6.45, 7) is 8.18. The third-order valence-corrected chi connectivity index (χ3v) is 4.84. The number of nitrogens with zero attached hydrogens (tertiary/aromatic N) is 1. The molecule has 5 heteroatoms. The molecule has 25 heavy (non-hydrogen) atoms. The first-order valence-corrected chi connectivity index (χ1v) is 8.41. The monoisotopic (exact) mass is 337 g/mol. The van der Waals surface area contributed by atoms with Gasteiger partial charge in [-0.2, -0.15) is 0 Å². The van der Waals surface area contributed by atoms with Crippen molar-refractivity contribution in [1.82, 2.24) is 15.8 Å². The van der Waals surface area contributed by atoms with E-state index in [1.54, 1.807) is 6.07 Å². The first kappa shape index (κ1) is 17.1. The van der Waals surface area contributed by atoms with Gasteiger partial charge in [-0.15, -0.1) is 0 Å². The van der Waals surface area contributed by atoms with Crippen LogP contribution in [0.4, 0.5) is 0 Å². The van der Waals surface area contributed by atoms with E-state index in [0.717, 1.165) is 10.9 Å². The largest absolute Gasteiger partial charge is 0.288 e. The van der Waals surface area contributed by atoms with Crippen molar-refractivity contribution in [2.24, 2.45) is 17.3 Å². The van der Waals surface area contributed by atoms with Crippen molar-refractivity contribution < 1.29 is 9.59 Å². The number of hydrogen-bond acceptors (Lipinski definition) is 3. The van der Waals surface area contributed by atoms with Crippen LogP contribution in [0.25, 0.3) is 10.9 Å². The van der Waals surface area contributed by atoms with Gasteiger partial charge in [-0.3, -0.25) is 20.4 Å². The summed E-state index contributed by atoms with van der Waals surface area (Å²) in [6, 6.07) is 11.1. The fraction of sp³-hybridized carbons (Fsp3) is 0.350. The van der Waals surface area contributed by atoms with Crippen molar-refractivity contribution in [3.05, 3.63) is 53.7 Å². The van der Waals surface area contributed by atoms with Crippen molar-refractivity contribution in [3.63, 3.8) is 0 Å². The number of fused-ring (bicyclic) bond motifs is 1. The molecule has 0 saturated heterocycles. The Morgan fingerprint density at radius 3 is 2.52 bits per heavy atom. The minimum absolute atomic E-state index is 0.0900. The van der Waals surface area contributed by atoms with Crippen molar-refractivity contribution in [1.29, 1.82) is 0 Å². The van der Waals surface area contributed by atoms with Crippen LogP contribution in [0.2, 0.25) is 0 Å². The molecule has 0 aliphatic heterocycles. The second-order valence-electron chi connectivity index (χ2n) is 7.40. The number of allylic oxidation sites excluding steroid dienone is 2. The van der Waals surface area contributed by atoms with E-state index in [1.807, 2.05) is 44.2 Å². The number of nitrogens with one attached hydrogen (secondary N) is 2. The number of amides is 2. The zero-order chi connectivity index (χ0) is 18.2. The summed E-state index contributed by atoms with van der Waals surface area (Å²) in [5.74, 6) is -0.515. The maximum atomic E-state index is 12.4. The van der Waals surface area contributed by atoms with Crippen LogP contribution in [0.15, 0.2) is 48.0 Å². The number of pyridine rings is 1. The zero-order valence-corrected chi connectivity index (χ0v) is 15.0. The normalized spacial score (nSPS) is 20.6.